The van der Waals surface area contributed by atoms with E-state index in [1.165, 1.54) is 0 Å². The lowest BCUT2D eigenvalue weighted by Crippen LogP contribution is -2.41. The number of rotatable bonds is 10. The lowest BCUT2D eigenvalue weighted by molar-refractivity contribution is 0.0954. The van der Waals surface area contributed by atoms with Gasteiger partial charge in [0.15, 0.2) is 5.96 Å². The molecule has 0 aliphatic heterocycles. The van der Waals surface area contributed by atoms with Gasteiger partial charge in [-0.05, 0) is 57.5 Å². The van der Waals surface area contributed by atoms with E-state index >= 15 is 0 Å². The topological polar surface area (TPSA) is 95.0 Å². The Labute approximate surface area is 208 Å². The number of nitrogens with one attached hydrogen (secondary N) is 3. The number of carbonyl (C=O) groups excluding carboxylic acids is 1. The molecule has 1 atom stereocenters. The van der Waals surface area contributed by atoms with Crippen LogP contribution in [-0.4, -0.2) is 49.3 Å². The van der Waals surface area contributed by atoms with Crippen molar-refractivity contribution in [1.29, 1.82) is 0 Å². The molecule has 0 radical (unpaired) electrons. The third-order valence-corrected chi connectivity index (χ3v) is 4.39. The van der Waals surface area contributed by atoms with Gasteiger partial charge < -0.3 is 25.8 Å². The average Bonchev–Trinajstić information content (AvgIpc) is 2.74. The monoisotopic (exact) mass is 554 g/mol. The van der Waals surface area contributed by atoms with Crippen LogP contribution >= 0.6 is 24.0 Å². The van der Waals surface area contributed by atoms with Gasteiger partial charge >= 0.3 is 0 Å². The molecule has 2 aromatic carbocycles. The van der Waals surface area contributed by atoms with Gasteiger partial charge in [0.1, 0.15) is 5.75 Å². The van der Waals surface area contributed by atoms with Crippen LogP contribution in [0.1, 0.15) is 48.4 Å². The van der Waals surface area contributed by atoms with Gasteiger partial charge in [-0.1, -0.05) is 29.8 Å². The summed E-state index contributed by atoms with van der Waals surface area (Å²) in [6.45, 7) is 9.76. The van der Waals surface area contributed by atoms with Crippen LogP contribution in [0, 0.1) is 6.92 Å². The second-order valence-electron chi connectivity index (χ2n) is 7.52. The molecule has 0 aliphatic carbocycles. The molecule has 0 bridgehead atoms. The third-order valence-electron chi connectivity index (χ3n) is 4.39. The second kappa shape index (κ2) is 14.7. The fraction of sp³-hybridized carbons (Fsp3) is 0.417. The van der Waals surface area contributed by atoms with E-state index in [1.807, 2.05) is 70.2 Å². The van der Waals surface area contributed by atoms with Crippen LogP contribution in [0.15, 0.2) is 53.5 Å². The van der Waals surface area contributed by atoms with Crippen molar-refractivity contribution in [3.05, 3.63) is 65.2 Å². The van der Waals surface area contributed by atoms with Crippen molar-refractivity contribution in [2.45, 2.75) is 39.9 Å². The van der Waals surface area contributed by atoms with Crippen LogP contribution in [-0.2, 0) is 0 Å². The minimum atomic E-state index is -0.718. The fourth-order valence-corrected chi connectivity index (χ4v) is 2.91. The number of aliphatic imine (C=N–C) groups is 1. The van der Waals surface area contributed by atoms with Gasteiger partial charge in [0, 0.05) is 25.2 Å². The zero-order valence-electron chi connectivity index (χ0n) is 19.2. The highest BCUT2D eigenvalue weighted by Gasteiger charge is 2.09. The summed E-state index contributed by atoms with van der Waals surface area (Å²) in [5.74, 6) is 1.26. The van der Waals surface area contributed by atoms with Gasteiger partial charge in [0.05, 0.1) is 18.8 Å². The highest BCUT2D eigenvalue weighted by Crippen LogP contribution is 2.19. The Kier molecular flexibility index (Phi) is 12.7. The Balaban J connectivity index is 0.00000512. The summed E-state index contributed by atoms with van der Waals surface area (Å²) in [6.07, 6.45) is -0.611. The molecule has 7 nitrogen and oxygen atoms in total. The average molecular weight is 554 g/mol. The molecule has 0 saturated heterocycles. The smallest absolute Gasteiger partial charge is 0.251 e. The Morgan fingerprint density at radius 2 is 1.75 bits per heavy atom. The summed E-state index contributed by atoms with van der Waals surface area (Å²) in [6, 6.07) is 14.9. The number of ether oxygens (including phenoxy) is 1. The first-order valence-electron chi connectivity index (χ1n) is 10.7. The number of aliphatic hydroxyl groups excluding tert-OH is 1. The lowest BCUT2D eigenvalue weighted by atomic mass is 10.1. The van der Waals surface area contributed by atoms with Gasteiger partial charge in [0.25, 0.3) is 5.91 Å². The van der Waals surface area contributed by atoms with E-state index in [1.54, 1.807) is 6.07 Å². The zero-order valence-corrected chi connectivity index (χ0v) is 21.6. The Hall–Kier alpha value is -2.33. The van der Waals surface area contributed by atoms with Crippen LogP contribution in [0.5, 0.6) is 5.75 Å². The summed E-state index contributed by atoms with van der Waals surface area (Å²) in [4.78, 5) is 16.6. The summed E-state index contributed by atoms with van der Waals surface area (Å²) in [5.41, 5.74) is 2.47. The maximum absolute atomic E-state index is 12.2. The maximum Gasteiger partial charge on any atom is 0.251 e. The summed E-state index contributed by atoms with van der Waals surface area (Å²) < 4.78 is 5.63. The van der Waals surface area contributed by atoms with E-state index in [9.17, 15) is 9.90 Å². The standard InChI is InChI=1S/C24H34N4O3.HI/c1-5-25-24(27-14-13-26-23(30)20-8-6-7-18(4)15-20)28-16-22(29)19-9-11-21(12-10-19)31-17(2)3;/h6-12,15,17,22,29H,5,13-14,16H2,1-4H3,(H,26,30)(H2,25,27,28);1H. The second-order valence-corrected chi connectivity index (χ2v) is 7.52. The zero-order chi connectivity index (χ0) is 22.6. The molecule has 4 N–H and O–H groups in total. The highest BCUT2D eigenvalue weighted by atomic mass is 127. The Morgan fingerprint density at radius 1 is 1.06 bits per heavy atom. The van der Waals surface area contributed by atoms with Crippen LogP contribution in [0.4, 0.5) is 0 Å². The van der Waals surface area contributed by atoms with Gasteiger partial charge in [-0.15, -0.1) is 24.0 Å². The number of nitrogens with zero attached hydrogens (tertiary/aromatic N) is 1. The molecule has 2 aromatic rings. The number of hydrogen-bond donors (Lipinski definition) is 4. The molecule has 8 heteroatoms. The molecule has 0 aliphatic rings. The molecule has 176 valence electrons. The van der Waals surface area contributed by atoms with Crippen LogP contribution < -0.4 is 20.7 Å². The first-order chi connectivity index (χ1) is 14.9. The Bertz CT molecular complexity index is 857. The first kappa shape index (κ1) is 27.7. The van der Waals surface area contributed by atoms with Gasteiger partial charge in [-0.2, -0.15) is 0 Å². The Morgan fingerprint density at radius 3 is 2.38 bits per heavy atom. The number of guanidine groups is 1. The summed E-state index contributed by atoms with van der Waals surface area (Å²) in [5, 5.41) is 19.6. The van der Waals surface area contributed by atoms with E-state index < -0.39 is 6.10 Å². The molecule has 0 heterocycles. The van der Waals surface area contributed by atoms with Crippen LogP contribution in [0.2, 0.25) is 0 Å². The molecule has 2 rings (SSSR count). The summed E-state index contributed by atoms with van der Waals surface area (Å²) in [7, 11) is 0. The van der Waals surface area contributed by atoms with Crippen molar-refractivity contribution in [2.75, 3.05) is 26.2 Å². The molecule has 0 aromatic heterocycles. The van der Waals surface area contributed by atoms with Crippen molar-refractivity contribution in [1.82, 2.24) is 16.0 Å². The molecule has 0 saturated carbocycles. The predicted octanol–water partition coefficient (Wildman–Crippen LogP) is 3.42. The van der Waals surface area contributed by atoms with Crippen molar-refractivity contribution >= 4 is 35.8 Å². The van der Waals surface area contributed by atoms with E-state index in [2.05, 4.69) is 20.9 Å². The number of aryl methyl sites for hydroxylation is 1. The number of halogens is 1. The number of aliphatic hydroxyl groups is 1. The van der Waals surface area contributed by atoms with Crippen LogP contribution in [0.25, 0.3) is 0 Å². The number of hydrogen-bond acceptors (Lipinski definition) is 4. The first-order valence-corrected chi connectivity index (χ1v) is 10.7. The van der Waals surface area contributed by atoms with Crippen molar-refractivity contribution in [2.24, 2.45) is 4.99 Å². The predicted molar refractivity (Wildman–Crippen MR) is 140 cm³/mol. The molecule has 0 spiro atoms. The summed E-state index contributed by atoms with van der Waals surface area (Å²) >= 11 is 0. The number of benzene rings is 2. The van der Waals surface area contributed by atoms with Crippen LogP contribution in [0.3, 0.4) is 0 Å². The lowest BCUT2D eigenvalue weighted by Gasteiger charge is -2.14. The maximum atomic E-state index is 12.2. The van der Waals surface area contributed by atoms with Crippen molar-refractivity contribution < 1.29 is 14.6 Å². The van der Waals surface area contributed by atoms with E-state index in [0.29, 0.717) is 31.2 Å². The SMILES string of the molecule is CCNC(=NCC(O)c1ccc(OC(C)C)cc1)NCCNC(=O)c1cccc(C)c1.I. The largest absolute Gasteiger partial charge is 0.491 e. The molecule has 1 amide bonds. The minimum Gasteiger partial charge on any atom is -0.491 e. The van der Waals surface area contributed by atoms with Gasteiger partial charge in [-0.25, -0.2) is 0 Å². The van der Waals surface area contributed by atoms with E-state index in [4.69, 9.17) is 4.74 Å². The van der Waals surface area contributed by atoms with E-state index in [0.717, 1.165) is 16.9 Å². The third kappa shape index (κ3) is 9.86. The molecule has 0 fully saturated rings. The minimum absolute atomic E-state index is 0. The normalized spacial score (nSPS) is 12.0. The molecule has 1 unspecified atom stereocenters. The fourth-order valence-electron chi connectivity index (χ4n) is 2.91. The molecular weight excluding hydrogens is 519 g/mol. The van der Waals surface area contributed by atoms with Crippen molar-refractivity contribution in [3.8, 4) is 5.75 Å². The molecule has 32 heavy (non-hydrogen) atoms. The quantitative estimate of drug-likeness (QED) is 0.156. The van der Waals surface area contributed by atoms with E-state index in [-0.39, 0.29) is 42.5 Å². The van der Waals surface area contributed by atoms with Gasteiger partial charge in [0.2, 0.25) is 0 Å². The van der Waals surface area contributed by atoms with Gasteiger partial charge in [-0.3, -0.25) is 9.79 Å². The van der Waals surface area contributed by atoms with Crippen molar-refractivity contribution in [3.63, 3.8) is 0 Å². The number of carbonyl (C=O) groups is 1. The number of amides is 1. The molecular formula is C24H35IN4O3. The highest BCUT2D eigenvalue weighted by molar-refractivity contribution is 14.0.